The molecule has 0 amide bonds. The molecule has 0 bridgehead atoms. The predicted octanol–water partition coefficient (Wildman–Crippen LogP) is 0.0219. The average Bonchev–Trinajstić information content (AvgIpc) is 2.29. The number of sulfone groups is 1. The zero-order valence-electron chi connectivity index (χ0n) is 11.5. The SMILES string of the molecule is CNS(=O)(=O)c1cc(N)ccc1NC(C)CS(C)(=O)=O. The predicted molar refractivity (Wildman–Crippen MR) is 79.9 cm³/mol. The summed E-state index contributed by atoms with van der Waals surface area (Å²) in [5.74, 6) is -0.101. The van der Waals surface area contributed by atoms with Gasteiger partial charge in [0.05, 0.1) is 11.4 Å². The molecule has 0 aromatic heterocycles. The van der Waals surface area contributed by atoms with Gasteiger partial charge in [0.25, 0.3) is 0 Å². The minimum absolute atomic E-state index is 0.0136. The van der Waals surface area contributed by atoms with E-state index in [4.69, 9.17) is 5.73 Å². The van der Waals surface area contributed by atoms with Crippen LogP contribution in [0.25, 0.3) is 0 Å². The lowest BCUT2D eigenvalue weighted by Crippen LogP contribution is -2.27. The van der Waals surface area contributed by atoms with Crippen LogP contribution < -0.4 is 15.8 Å². The summed E-state index contributed by atoms with van der Waals surface area (Å²) in [4.78, 5) is -0.0136. The molecule has 114 valence electrons. The first-order chi connectivity index (χ1) is 9.05. The number of nitrogens with one attached hydrogen (secondary N) is 2. The Morgan fingerprint density at radius 2 is 1.85 bits per heavy atom. The lowest BCUT2D eigenvalue weighted by atomic mass is 10.2. The number of nitrogens with two attached hydrogens (primary N) is 1. The second-order valence-corrected chi connectivity index (χ2v) is 8.64. The van der Waals surface area contributed by atoms with Crippen LogP contribution in [0.1, 0.15) is 6.92 Å². The molecular weight excluding hydrogens is 302 g/mol. The minimum Gasteiger partial charge on any atom is -0.399 e. The molecule has 1 atom stereocenters. The molecule has 0 spiro atoms. The number of sulfonamides is 1. The van der Waals surface area contributed by atoms with Crippen molar-refractivity contribution in [1.82, 2.24) is 4.72 Å². The maximum Gasteiger partial charge on any atom is 0.242 e. The van der Waals surface area contributed by atoms with E-state index in [1.165, 1.54) is 19.2 Å². The number of anilines is 2. The van der Waals surface area contributed by atoms with E-state index in [0.717, 1.165) is 6.26 Å². The molecule has 7 nitrogen and oxygen atoms in total. The first-order valence-corrected chi connectivity index (χ1v) is 9.37. The molecule has 0 fully saturated rings. The van der Waals surface area contributed by atoms with Crippen LogP contribution >= 0.6 is 0 Å². The number of nitrogen functional groups attached to an aromatic ring is 1. The van der Waals surface area contributed by atoms with E-state index in [1.54, 1.807) is 13.0 Å². The number of hydrogen-bond donors (Lipinski definition) is 3. The van der Waals surface area contributed by atoms with Crippen LogP contribution in [0.15, 0.2) is 23.1 Å². The minimum atomic E-state index is -3.68. The van der Waals surface area contributed by atoms with Crippen molar-refractivity contribution in [1.29, 1.82) is 0 Å². The van der Waals surface area contributed by atoms with Gasteiger partial charge in [0.15, 0.2) is 0 Å². The highest BCUT2D eigenvalue weighted by atomic mass is 32.2. The third-order valence-corrected chi connectivity index (χ3v) is 5.08. The Labute approximate surface area is 119 Å². The van der Waals surface area contributed by atoms with Gasteiger partial charge in [-0.1, -0.05) is 0 Å². The summed E-state index contributed by atoms with van der Waals surface area (Å²) < 4.78 is 48.5. The normalized spacial score (nSPS) is 13.9. The van der Waals surface area contributed by atoms with Crippen LogP contribution in [0.3, 0.4) is 0 Å². The zero-order chi connectivity index (χ0) is 15.6. The molecule has 20 heavy (non-hydrogen) atoms. The fourth-order valence-electron chi connectivity index (χ4n) is 1.75. The molecule has 4 N–H and O–H groups in total. The molecule has 0 heterocycles. The highest BCUT2D eigenvalue weighted by Gasteiger charge is 2.19. The van der Waals surface area contributed by atoms with Crippen LogP contribution in [0.2, 0.25) is 0 Å². The van der Waals surface area contributed by atoms with Crippen molar-refractivity contribution in [3.63, 3.8) is 0 Å². The fraction of sp³-hybridized carbons (Fsp3) is 0.455. The molecule has 0 radical (unpaired) electrons. The van der Waals surface area contributed by atoms with Gasteiger partial charge in [-0.2, -0.15) is 0 Å². The van der Waals surface area contributed by atoms with E-state index in [1.807, 2.05) is 0 Å². The Kier molecular flexibility index (Phi) is 5.00. The van der Waals surface area contributed by atoms with Gasteiger partial charge >= 0.3 is 0 Å². The quantitative estimate of drug-likeness (QED) is 0.636. The van der Waals surface area contributed by atoms with Crippen LogP contribution in [0.5, 0.6) is 0 Å². The van der Waals surface area contributed by atoms with E-state index in [-0.39, 0.29) is 10.6 Å². The van der Waals surface area contributed by atoms with Crippen molar-refractivity contribution in [3.8, 4) is 0 Å². The lowest BCUT2D eigenvalue weighted by molar-refractivity contribution is 0.588. The van der Waals surface area contributed by atoms with Gasteiger partial charge in [-0.3, -0.25) is 0 Å². The van der Waals surface area contributed by atoms with Crippen molar-refractivity contribution in [2.45, 2.75) is 17.9 Å². The fourth-order valence-corrected chi connectivity index (χ4v) is 3.67. The summed E-state index contributed by atoms with van der Waals surface area (Å²) in [7, 11) is -5.55. The lowest BCUT2D eigenvalue weighted by Gasteiger charge is -2.17. The maximum absolute atomic E-state index is 11.9. The van der Waals surface area contributed by atoms with Crippen LogP contribution in [0, 0.1) is 0 Å². The first-order valence-electron chi connectivity index (χ1n) is 5.82. The highest BCUT2D eigenvalue weighted by Crippen LogP contribution is 2.24. The summed E-state index contributed by atoms with van der Waals surface area (Å²) in [6, 6.07) is 3.95. The van der Waals surface area contributed by atoms with Crippen LogP contribution in [0.4, 0.5) is 11.4 Å². The molecule has 0 aliphatic rings. The Balaban J connectivity index is 3.14. The topological polar surface area (TPSA) is 118 Å². The van der Waals surface area contributed by atoms with Crippen molar-refractivity contribution in [2.24, 2.45) is 0 Å². The molecular formula is C11H19N3O4S2. The monoisotopic (exact) mass is 321 g/mol. The molecule has 1 aromatic carbocycles. The number of hydrogen-bond acceptors (Lipinski definition) is 6. The van der Waals surface area contributed by atoms with Gasteiger partial charge in [-0.05, 0) is 32.2 Å². The summed E-state index contributed by atoms with van der Waals surface area (Å²) >= 11 is 0. The van der Waals surface area contributed by atoms with Crippen molar-refractivity contribution in [3.05, 3.63) is 18.2 Å². The van der Waals surface area contributed by atoms with Gasteiger partial charge in [0, 0.05) is 18.0 Å². The summed E-state index contributed by atoms with van der Waals surface area (Å²) in [6.07, 6.45) is 1.12. The number of rotatable bonds is 6. The van der Waals surface area contributed by atoms with Crippen molar-refractivity contribution >= 4 is 31.2 Å². The van der Waals surface area contributed by atoms with Gasteiger partial charge in [-0.15, -0.1) is 0 Å². The maximum atomic E-state index is 11.9. The van der Waals surface area contributed by atoms with Gasteiger partial charge in [0.1, 0.15) is 14.7 Å². The smallest absolute Gasteiger partial charge is 0.242 e. The summed E-state index contributed by atoms with van der Waals surface area (Å²) in [5, 5.41) is 2.88. The molecule has 0 saturated carbocycles. The Morgan fingerprint density at radius 3 is 2.35 bits per heavy atom. The van der Waals surface area contributed by atoms with Crippen molar-refractivity contribution in [2.75, 3.05) is 30.1 Å². The van der Waals surface area contributed by atoms with Gasteiger partial charge in [0.2, 0.25) is 10.0 Å². The second-order valence-electron chi connectivity index (χ2n) is 4.60. The second kappa shape index (κ2) is 5.98. The zero-order valence-corrected chi connectivity index (χ0v) is 13.2. The third-order valence-electron chi connectivity index (χ3n) is 2.52. The van der Waals surface area contributed by atoms with E-state index in [9.17, 15) is 16.8 Å². The van der Waals surface area contributed by atoms with Gasteiger partial charge < -0.3 is 11.1 Å². The van der Waals surface area contributed by atoms with E-state index in [0.29, 0.717) is 11.4 Å². The molecule has 0 aliphatic carbocycles. The van der Waals surface area contributed by atoms with E-state index in [2.05, 4.69) is 10.0 Å². The van der Waals surface area contributed by atoms with E-state index >= 15 is 0 Å². The molecule has 1 aromatic rings. The molecule has 0 saturated heterocycles. The van der Waals surface area contributed by atoms with Crippen LogP contribution in [-0.4, -0.2) is 41.9 Å². The molecule has 0 aliphatic heterocycles. The molecule has 1 unspecified atom stereocenters. The van der Waals surface area contributed by atoms with Crippen LogP contribution in [-0.2, 0) is 19.9 Å². The Hall–Kier alpha value is -1.32. The van der Waals surface area contributed by atoms with E-state index < -0.39 is 25.9 Å². The number of benzene rings is 1. The van der Waals surface area contributed by atoms with Crippen molar-refractivity contribution < 1.29 is 16.8 Å². The third kappa shape index (κ3) is 4.66. The Morgan fingerprint density at radius 1 is 1.25 bits per heavy atom. The molecule has 9 heteroatoms. The molecule has 1 rings (SSSR count). The average molecular weight is 321 g/mol. The first kappa shape index (κ1) is 16.7. The highest BCUT2D eigenvalue weighted by molar-refractivity contribution is 7.90. The Bertz CT molecular complexity index is 684. The largest absolute Gasteiger partial charge is 0.399 e. The summed E-state index contributed by atoms with van der Waals surface area (Å²) in [6.45, 7) is 1.66. The van der Waals surface area contributed by atoms with Gasteiger partial charge in [-0.25, -0.2) is 21.6 Å². The standard InChI is InChI=1S/C11H19N3O4S2/c1-8(7-19(3,15)16)14-10-5-4-9(12)6-11(10)20(17,18)13-2/h4-6,8,13-14H,7,12H2,1-3H3. The summed E-state index contributed by atoms with van der Waals surface area (Å²) in [5.41, 5.74) is 6.21.